The Morgan fingerprint density at radius 3 is 2.58 bits per heavy atom. The van der Waals surface area contributed by atoms with Crippen molar-refractivity contribution in [1.82, 2.24) is 10.2 Å². The highest BCUT2D eigenvalue weighted by atomic mass is 32.2. The number of nitrogens with one attached hydrogen (secondary N) is 1. The van der Waals surface area contributed by atoms with E-state index in [0.29, 0.717) is 17.9 Å². The van der Waals surface area contributed by atoms with Crippen LogP contribution in [0.2, 0.25) is 0 Å². The Kier molecular flexibility index (Phi) is 7.36. The molecule has 0 fully saturated rings. The number of likely N-dealkylation sites (N-methyl/N-ethyl adjacent to an activating group) is 1. The van der Waals surface area contributed by atoms with Crippen LogP contribution in [0.5, 0.6) is 5.75 Å². The highest BCUT2D eigenvalue weighted by molar-refractivity contribution is 7.83. The van der Waals surface area contributed by atoms with Gasteiger partial charge in [-0.05, 0) is 49.5 Å². The molecule has 0 saturated carbocycles. The predicted molar refractivity (Wildman–Crippen MR) is 106 cm³/mol. The van der Waals surface area contributed by atoms with Crippen LogP contribution in [-0.4, -0.2) is 49.0 Å². The first-order valence-corrected chi connectivity index (χ1v) is 10.1. The van der Waals surface area contributed by atoms with Crippen LogP contribution < -0.4 is 10.1 Å². The minimum absolute atomic E-state index is 0.0281. The van der Waals surface area contributed by atoms with Gasteiger partial charge in [-0.25, -0.2) is 0 Å². The third-order valence-corrected chi connectivity index (χ3v) is 4.86. The van der Waals surface area contributed by atoms with Gasteiger partial charge >= 0.3 is 0 Å². The number of methoxy groups -OCH3 is 1. The Bertz CT molecular complexity index is 777. The van der Waals surface area contributed by atoms with Crippen LogP contribution in [0.25, 0.3) is 0 Å². The SMILES string of the molecule is COc1cccc(C(CNC(=O)c2cccc(CS(C)=O)c2)N(C)C)c1. The van der Waals surface area contributed by atoms with Crippen molar-refractivity contribution >= 4 is 16.7 Å². The predicted octanol–water partition coefficient (Wildman–Crippen LogP) is 2.61. The van der Waals surface area contributed by atoms with Gasteiger partial charge < -0.3 is 15.0 Å². The number of hydrogen-bond acceptors (Lipinski definition) is 4. The van der Waals surface area contributed by atoms with Gasteiger partial charge in [-0.15, -0.1) is 0 Å². The molecule has 2 unspecified atom stereocenters. The van der Waals surface area contributed by atoms with Crippen molar-refractivity contribution in [3.8, 4) is 5.75 Å². The van der Waals surface area contributed by atoms with Crippen LogP contribution >= 0.6 is 0 Å². The highest BCUT2D eigenvalue weighted by Crippen LogP contribution is 2.22. The number of amides is 1. The van der Waals surface area contributed by atoms with Crippen LogP contribution in [-0.2, 0) is 16.6 Å². The lowest BCUT2D eigenvalue weighted by molar-refractivity contribution is 0.0942. The largest absolute Gasteiger partial charge is 0.497 e. The van der Waals surface area contributed by atoms with Crippen LogP contribution in [0, 0.1) is 0 Å². The molecule has 0 heterocycles. The van der Waals surface area contributed by atoms with Gasteiger partial charge in [-0.3, -0.25) is 9.00 Å². The molecule has 0 aliphatic heterocycles. The molecule has 0 saturated heterocycles. The topological polar surface area (TPSA) is 58.6 Å². The molecule has 5 nitrogen and oxygen atoms in total. The quantitative estimate of drug-likeness (QED) is 0.772. The minimum atomic E-state index is -0.934. The van der Waals surface area contributed by atoms with Crippen molar-refractivity contribution < 1.29 is 13.7 Å². The van der Waals surface area contributed by atoms with Gasteiger partial charge in [0.1, 0.15) is 5.75 Å². The normalized spacial score (nSPS) is 13.3. The zero-order valence-corrected chi connectivity index (χ0v) is 16.5. The highest BCUT2D eigenvalue weighted by Gasteiger charge is 2.16. The fourth-order valence-electron chi connectivity index (χ4n) is 2.78. The summed E-state index contributed by atoms with van der Waals surface area (Å²) in [4.78, 5) is 14.6. The summed E-state index contributed by atoms with van der Waals surface area (Å²) >= 11 is 0. The van der Waals surface area contributed by atoms with Crippen molar-refractivity contribution in [2.24, 2.45) is 0 Å². The number of hydrogen-bond donors (Lipinski definition) is 1. The molecule has 0 aromatic heterocycles. The molecule has 0 bridgehead atoms. The standard InChI is InChI=1S/C20H26N2O3S/c1-22(2)19(16-8-6-10-18(12-16)25-3)13-21-20(23)17-9-5-7-15(11-17)14-26(4)24/h5-12,19H,13-14H2,1-4H3,(H,21,23). The molecule has 0 radical (unpaired) electrons. The first kappa shape index (κ1) is 20.1. The lowest BCUT2D eigenvalue weighted by Crippen LogP contribution is -2.34. The van der Waals surface area contributed by atoms with Crippen molar-refractivity contribution in [3.63, 3.8) is 0 Å². The van der Waals surface area contributed by atoms with Crippen LogP contribution in [0.4, 0.5) is 0 Å². The summed E-state index contributed by atoms with van der Waals surface area (Å²) in [7, 11) is 4.67. The number of rotatable bonds is 8. The van der Waals surface area contributed by atoms with Gasteiger partial charge in [-0.1, -0.05) is 24.3 Å². The molecule has 0 aliphatic carbocycles. The van der Waals surface area contributed by atoms with Gasteiger partial charge in [-0.2, -0.15) is 0 Å². The smallest absolute Gasteiger partial charge is 0.251 e. The van der Waals surface area contributed by atoms with E-state index in [1.807, 2.05) is 50.5 Å². The number of nitrogens with zero attached hydrogens (tertiary/aromatic N) is 1. The zero-order chi connectivity index (χ0) is 19.1. The van der Waals surface area contributed by atoms with Crippen molar-refractivity contribution in [1.29, 1.82) is 0 Å². The molecule has 0 spiro atoms. The Labute approximate surface area is 157 Å². The minimum Gasteiger partial charge on any atom is -0.497 e. The molecule has 6 heteroatoms. The lowest BCUT2D eigenvalue weighted by atomic mass is 10.1. The molecule has 1 amide bonds. The van der Waals surface area contributed by atoms with E-state index in [9.17, 15) is 9.00 Å². The third kappa shape index (κ3) is 5.68. The van der Waals surface area contributed by atoms with E-state index in [-0.39, 0.29) is 11.9 Å². The maximum Gasteiger partial charge on any atom is 0.251 e. The van der Waals surface area contributed by atoms with Gasteiger partial charge in [0, 0.05) is 34.9 Å². The molecule has 0 aliphatic rings. The maximum absolute atomic E-state index is 12.5. The van der Waals surface area contributed by atoms with Crippen LogP contribution in [0.3, 0.4) is 0 Å². The molecule has 26 heavy (non-hydrogen) atoms. The fraction of sp³-hybridized carbons (Fsp3) is 0.350. The first-order valence-electron chi connectivity index (χ1n) is 8.38. The monoisotopic (exact) mass is 374 g/mol. The summed E-state index contributed by atoms with van der Waals surface area (Å²) in [5.41, 5.74) is 2.55. The average molecular weight is 375 g/mol. The molecular weight excluding hydrogens is 348 g/mol. The second-order valence-electron chi connectivity index (χ2n) is 6.38. The molecule has 140 valence electrons. The van der Waals surface area contributed by atoms with Gasteiger partial charge in [0.2, 0.25) is 0 Å². The summed E-state index contributed by atoms with van der Waals surface area (Å²) in [6.45, 7) is 0.475. The average Bonchev–Trinajstić information content (AvgIpc) is 2.61. The van der Waals surface area contributed by atoms with Crippen molar-refractivity contribution in [3.05, 3.63) is 65.2 Å². The Morgan fingerprint density at radius 2 is 1.92 bits per heavy atom. The van der Waals surface area contributed by atoms with E-state index in [2.05, 4.69) is 10.2 Å². The van der Waals surface area contributed by atoms with E-state index in [4.69, 9.17) is 4.74 Å². The van der Waals surface area contributed by atoms with E-state index < -0.39 is 10.8 Å². The maximum atomic E-state index is 12.5. The van der Waals surface area contributed by atoms with Crippen molar-refractivity contribution in [2.75, 3.05) is 34.0 Å². The Morgan fingerprint density at radius 1 is 1.19 bits per heavy atom. The zero-order valence-electron chi connectivity index (χ0n) is 15.7. The second kappa shape index (κ2) is 9.50. The summed E-state index contributed by atoms with van der Waals surface area (Å²) in [5.74, 6) is 1.11. The van der Waals surface area contributed by atoms with Crippen molar-refractivity contribution in [2.45, 2.75) is 11.8 Å². The second-order valence-corrected chi connectivity index (χ2v) is 7.82. The fourth-order valence-corrected chi connectivity index (χ4v) is 3.42. The first-order chi connectivity index (χ1) is 12.4. The van der Waals surface area contributed by atoms with Crippen LogP contribution in [0.15, 0.2) is 48.5 Å². The van der Waals surface area contributed by atoms with Crippen LogP contribution in [0.1, 0.15) is 27.5 Å². The number of benzene rings is 2. The summed E-state index contributed by atoms with van der Waals surface area (Å²) in [6.07, 6.45) is 1.66. The Hall–Kier alpha value is -2.18. The van der Waals surface area contributed by atoms with E-state index in [1.54, 1.807) is 25.5 Å². The van der Waals surface area contributed by atoms with Gasteiger partial charge in [0.05, 0.1) is 13.2 Å². The molecule has 1 N–H and O–H groups in total. The molecular formula is C20H26N2O3S. The Balaban J connectivity index is 2.09. The summed E-state index contributed by atoms with van der Waals surface area (Å²) < 4.78 is 16.7. The molecule has 2 aromatic carbocycles. The number of ether oxygens (including phenoxy) is 1. The number of carbonyl (C=O) groups excluding carboxylic acids is 1. The third-order valence-electron chi connectivity index (χ3n) is 4.12. The van der Waals surface area contributed by atoms with Gasteiger partial charge in [0.15, 0.2) is 0 Å². The van der Waals surface area contributed by atoms with E-state index >= 15 is 0 Å². The van der Waals surface area contributed by atoms with E-state index in [1.165, 1.54) is 0 Å². The van der Waals surface area contributed by atoms with Gasteiger partial charge in [0.25, 0.3) is 5.91 Å². The molecule has 2 rings (SSSR count). The lowest BCUT2D eigenvalue weighted by Gasteiger charge is -2.25. The number of carbonyl (C=O) groups is 1. The molecule has 2 aromatic rings. The summed E-state index contributed by atoms with van der Waals surface area (Å²) in [6, 6.07) is 15.2. The summed E-state index contributed by atoms with van der Waals surface area (Å²) in [5, 5.41) is 3.00. The molecule has 2 atom stereocenters. The van der Waals surface area contributed by atoms with E-state index in [0.717, 1.165) is 16.9 Å².